The van der Waals surface area contributed by atoms with Crippen molar-refractivity contribution in [1.82, 2.24) is 10.3 Å². The summed E-state index contributed by atoms with van der Waals surface area (Å²) in [5.41, 5.74) is 1.10. The molecular weight excluding hydrogens is 268 g/mol. The molecule has 1 unspecified atom stereocenters. The lowest BCUT2D eigenvalue weighted by atomic mass is 10.1. The predicted octanol–water partition coefficient (Wildman–Crippen LogP) is 2.57. The molecule has 0 aliphatic carbocycles. The normalized spacial score (nSPS) is 12.3. The minimum atomic E-state index is 0.242. The third-order valence-electron chi connectivity index (χ3n) is 3.07. The molecule has 0 aliphatic heterocycles. The molecule has 1 aromatic rings. The van der Waals surface area contributed by atoms with Gasteiger partial charge in [-0.25, -0.2) is 4.98 Å². The number of hydrogen-bond donors (Lipinski definition) is 1. The average molecular weight is 296 g/mol. The lowest BCUT2D eigenvalue weighted by Crippen LogP contribution is -2.20. The van der Waals surface area contributed by atoms with Crippen LogP contribution in [0.2, 0.25) is 0 Å². The van der Waals surface area contributed by atoms with Crippen molar-refractivity contribution in [2.45, 2.75) is 32.7 Å². The zero-order valence-corrected chi connectivity index (χ0v) is 13.4. The quantitative estimate of drug-likeness (QED) is 0.601. The van der Waals surface area contributed by atoms with Crippen molar-refractivity contribution < 1.29 is 14.2 Å². The molecule has 0 fully saturated rings. The van der Waals surface area contributed by atoms with Gasteiger partial charge in [-0.15, -0.1) is 0 Å². The smallest absolute Gasteiger partial charge is 0.218 e. The van der Waals surface area contributed by atoms with Gasteiger partial charge in [0.25, 0.3) is 0 Å². The van der Waals surface area contributed by atoms with Crippen LogP contribution in [0.5, 0.6) is 5.88 Å². The van der Waals surface area contributed by atoms with Crippen molar-refractivity contribution in [2.75, 3.05) is 40.1 Å². The second-order valence-electron chi connectivity index (χ2n) is 4.88. The van der Waals surface area contributed by atoms with E-state index in [2.05, 4.69) is 30.2 Å². The summed E-state index contributed by atoms with van der Waals surface area (Å²) < 4.78 is 16.1. The lowest BCUT2D eigenvalue weighted by molar-refractivity contribution is 0.0641. The highest BCUT2D eigenvalue weighted by Gasteiger charge is 2.11. The first-order valence-electron chi connectivity index (χ1n) is 7.67. The molecule has 0 spiro atoms. The van der Waals surface area contributed by atoms with Crippen molar-refractivity contribution in [2.24, 2.45) is 0 Å². The Kier molecular flexibility index (Phi) is 9.78. The van der Waals surface area contributed by atoms with Gasteiger partial charge in [-0.05, 0) is 26.0 Å². The first kappa shape index (κ1) is 17.9. The molecule has 120 valence electrons. The van der Waals surface area contributed by atoms with Crippen LogP contribution in [0.1, 0.15) is 38.3 Å². The van der Waals surface area contributed by atoms with Crippen LogP contribution in [0.15, 0.2) is 18.3 Å². The Morgan fingerprint density at radius 1 is 1.24 bits per heavy atom. The number of nitrogens with zero attached hydrogens (tertiary/aromatic N) is 1. The number of aromatic nitrogens is 1. The van der Waals surface area contributed by atoms with Crippen molar-refractivity contribution >= 4 is 0 Å². The number of methoxy groups -OCH3 is 1. The lowest BCUT2D eigenvalue weighted by Gasteiger charge is -2.17. The van der Waals surface area contributed by atoms with E-state index >= 15 is 0 Å². The van der Waals surface area contributed by atoms with Crippen LogP contribution in [0.4, 0.5) is 0 Å². The molecule has 1 atom stereocenters. The van der Waals surface area contributed by atoms with E-state index in [1.807, 2.05) is 6.07 Å². The highest BCUT2D eigenvalue weighted by Crippen LogP contribution is 2.22. The van der Waals surface area contributed by atoms with Gasteiger partial charge in [0.1, 0.15) is 0 Å². The van der Waals surface area contributed by atoms with Crippen molar-refractivity contribution in [3.63, 3.8) is 0 Å². The fourth-order valence-electron chi connectivity index (χ4n) is 1.90. The fraction of sp³-hybridized carbons (Fsp3) is 0.688. The molecule has 0 aromatic carbocycles. The molecular formula is C16H28N2O3. The molecule has 5 nitrogen and oxygen atoms in total. The summed E-state index contributed by atoms with van der Waals surface area (Å²) in [6, 6.07) is 4.25. The SMILES string of the molecule is CCCNC(C)c1cccnc1OCCCOCCOC. The summed E-state index contributed by atoms with van der Waals surface area (Å²) >= 11 is 0. The Morgan fingerprint density at radius 2 is 2.10 bits per heavy atom. The first-order valence-corrected chi connectivity index (χ1v) is 7.67. The van der Waals surface area contributed by atoms with E-state index in [-0.39, 0.29) is 6.04 Å². The highest BCUT2D eigenvalue weighted by atomic mass is 16.5. The van der Waals surface area contributed by atoms with E-state index < -0.39 is 0 Å². The van der Waals surface area contributed by atoms with Gasteiger partial charge in [0.05, 0.1) is 19.8 Å². The predicted molar refractivity (Wildman–Crippen MR) is 83.8 cm³/mol. The topological polar surface area (TPSA) is 52.6 Å². The molecule has 0 bridgehead atoms. The summed E-state index contributed by atoms with van der Waals surface area (Å²) in [5, 5.41) is 3.46. The third-order valence-corrected chi connectivity index (χ3v) is 3.07. The molecule has 5 heteroatoms. The van der Waals surface area contributed by atoms with Crippen LogP contribution in [0.25, 0.3) is 0 Å². The van der Waals surface area contributed by atoms with E-state index in [0.29, 0.717) is 32.3 Å². The van der Waals surface area contributed by atoms with E-state index in [0.717, 1.165) is 24.9 Å². The van der Waals surface area contributed by atoms with Gasteiger partial charge < -0.3 is 19.5 Å². The maximum Gasteiger partial charge on any atom is 0.218 e. The van der Waals surface area contributed by atoms with E-state index in [1.165, 1.54) is 0 Å². The van der Waals surface area contributed by atoms with Gasteiger partial charge in [-0.3, -0.25) is 0 Å². The Bertz CT molecular complexity index is 374. The van der Waals surface area contributed by atoms with Gasteiger partial charge in [-0.1, -0.05) is 13.0 Å². The van der Waals surface area contributed by atoms with Crippen LogP contribution in [-0.4, -0.2) is 45.1 Å². The molecule has 1 rings (SSSR count). The molecule has 1 heterocycles. The second-order valence-corrected chi connectivity index (χ2v) is 4.88. The van der Waals surface area contributed by atoms with Gasteiger partial charge in [0, 0.05) is 37.9 Å². The maximum absolute atomic E-state index is 5.78. The van der Waals surface area contributed by atoms with E-state index in [4.69, 9.17) is 14.2 Å². The minimum Gasteiger partial charge on any atom is -0.477 e. The van der Waals surface area contributed by atoms with E-state index in [1.54, 1.807) is 13.3 Å². The Labute approximate surface area is 128 Å². The summed E-state index contributed by atoms with van der Waals surface area (Å²) in [6.45, 7) is 7.82. The summed E-state index contributed by atoms with van der Waals surface area (Å²) in [5.74, 6) is 0.713. The summed E-state index contributed by atoms with van der Waals surface area (Å²) in [6.07, 6.45) is 3.72. The molecule has 21 heavy (non-hydrogen) atoms. The first-order chi connectivity index (χ1) is 10.3. The maximum atomic E-state index is 5.78. The van der Waals surface area contributed by atoms with Crippen LogP contribution in [0.3, 0.4) is 0 Å². The molecule has 0 saturated heterocycles. The Balaban J connectivity index is 2.33. The van der Waals surface area contributed by atoms with E-state index in [9.17, 15) is 0 Å². The molecule has 0 saturated carbocycles. The van der Waals surface area contributed by atoms with Crippen LogP contribution >= 0.6 is 0 Å². The standard InChI is InChI=1S/C16H28N2O3/c1-4-8-17-14(2)15-7-5-9-18-16(15)21-11-6-10-20-13-12-19-3/h5,7,9,14,17H,4,6,8,10-13H2,1-3H3. The van der Waals surface area contributed by atoms with Crippen LogP contribution in [0, 0.1) is 0 Å². The number of ether oxygens (including phenoxy) is 3. The van der Waals surface area contributed by atoms with Crippen molar-refractivity contribution in [3.8, 4) is 5.88 Å². The monoisotopic (exact) mass is 296 g/mol. The summed E-state index contributed by atoms with van der Waals surface area (Å²) in [4.78, 5) is 4.33. The number of nitrogens with one attached hydrogen (secondary N) is 1. The molecule has 1 N–H and O–H groups in total. The van der Waals surface area contributed by atoms with Gasteiger partial charge in [-0.2, -0.15) is 0 Å². The van der Waals surface area contributed by atoms with Crippen molar-refractivity contribution in [3.05, 3.63) is 23.9 Å². The molecule has 0 radical (unpaired) electrons. The molecule has 1 aromatic heterocycles. The fourth-order valence-corrected chi connectivity index (χ4v) is 1.90. The zero-order chi connectivity index (χ0) is 15.3. The third kappa shape index (κ3) is 7.41. The molecule has 0 aliphatic rings. The Morgan fingerprint density at radius 3 is 2.86 bits per heavy atom. The zero-order valence-electron chi connectivity index (χ0n) is 13.4. The largest absolute Gasteiger partial charge is 0.477 e. The summed E-state index contributed by atoms with van der Waals surface area (Å²) in [7, 11) is 1.67. The highest BCUT2D eigenvalue weighted by molar-refractivity contribution is 5.28. The number of hydrogen-bond acceptors (Lipinski definition) is 5. The number of pyridine rings is 1. The Hall–Kier alpha value is -1.17. The molecule has 0 amide bonds. The van der Waals surface area contributed by atoms with Gasteiger partial charge in [0.15, 0.2) is 0 Å². The second kappa shape index (κ2) is 11.5. The van der Waals surface area contributed by atoms with Crippen molar-refractivity contribution in [1.29, 1.82) is 0 Å². The average Bonchev–Trinajstić information content (AvgIpc) is 2.52. The van der Waals surface area contributed by atoms with Gasteiger partial charge >= 0.3 is 0 Å². The number of rotatable bonds is 12. The van der Waals surface area contributed by atoms with Crippen LogP contribution in [-0.2, 0) is 9.47 Å². The van der Waals surface area contributed by atoms with Gasteiger partial charge in [0.2, 0.25) is 5.88 Å². The minimum absolute atomic E-state index is 0.242. The van der Waals surface area contributed by atoms with Crippen LogP contribution < -0.4 is 10.1 Å².